The number of hydrogen-bond acceptors (Lipinski definition) is 4. The molecule has 0 unspecified atom stereocenters. The molecular weight excluding hydrogens is 448 g/mol. The SMILES string of the molecule is O=C(Nc1nc2cc3c(cc2[nH]1)OC(F)(F)O3)c1c[c-]ccc1.[Ce]. The van der Waals surface area contributed by atoms with Crippen molar-refractivity contribution in [3.63, 3.8) is 0 Å². The summed E-state index contributed by atoms with van der Waals surface area (Å²) in [5.74, 6) is -0.386. The van der Waals surface area contributed by atoms with Crippen molar-refractivity contribution in [1.29, 1.82) is 0 Å². The third kappa shape index (κ3) is 3.21. The Hall–Kier alpha value is -1.78. The number of ether oxygens (including phenoxy) is 2. The van der Waals surface area contributed by atoms with E-state index in [2.05, 4.69) is 30.8 Å². The predicted octanol–water partition coefficient (Wildman–Crippen LogP) is 2.94. The van der Waals surface area contributed by atoms with Crippen LogP contribution < -0.4 is 14.8 Å². The molecule has 0 spiro atoms. The second kappa shape index (κ2) is 6.26. The van der Waals surface area contributed by atoms with Crippen LogP contribution in [0.15, 0.2) is 36.4 Å². The minimum Gasteiger partial charge on any atom is -0.395 e. The summed E-state index contributed by atoms with van der Waals surface area (Å²) in [5, 5.41) is 2.58. The van der Waals surface area contributed by atoms with E-state index in [4.69, 9.17) is 0 Å². The van der Waals surface area contributed by atoms with Crippen LogP contribution in [0.2, 0.25) is 0 Å². The minimum absolute atomic E-state index is 0. The Labute approximate surface area is 167 Å². The van der Waals surface area contributed by atoms with Crippen LogP contribution in [0.25, 0.3) is 11.0 Å². The first-order chi connectivity index (χ1) is 11.0. The van der Waals surface area contributed by atoms with Crippen molar-refractivity contribution in [2.45, 2.75) is 6.29 Å². The molecule has 0 saturated heterocycles. The number of carbonyl (C=O) groups is 1. The summed E-state index contributed by atoms with van der Waals surface area (Å²) in [7, 11) is 0. The zero-order valence-corrected chi connectivity index (χ0v) is 15.0. The number of alkyl halides is 2. The molecule has 2 aromatic carbocycles. The number of nitrogens with zero attached hydrogens (tertiary/aromatic N) is 1. The van der Waals surface area contributed by atoms with Gasteiger partial charge in [0, 0.05) is 53.9 Å². The number of hydrogen-bond donors (Lipinski definition) is 2. The van der Waals surface area contributed by atoms with Gasteiger partial charge in [-0.15, -0.1) is 8.78 Å². The van der Waals surface area contributed by atoms with E-state index in [9.17, 15) is 13.6 Å². The van der Waals surface area contributed by atoms with E-state index in [1.807, 2.05) is 0 Å². The van der Waals surface area contributed by atoms with Crippen molar-refractivity contribution in [2.24, 2.45) is 0 Å². The van der Waals surface area contributed by atoms with Crippen LogP contribution in [-0.2, 0) is 0 Å². The van der Waals surface area contributed by atoms with E-state index in [0.29, 0.717) is 16.6 Å². The smallest absolute Gasteiger partial charge is 0.395 e. The van der Waals surface area contributed by atoms with Gasteiger partial charge in [-0.05, 0) is 0 Å². The molecule has 2 heterocycles. The van der Waals surface area contributed by atoms with Crippen molar-refractivity contribution in [3.05, 3.63) is 48.0 Å². The van der Waals surface area contributed by atoms with Crippen molar-refractivity contribution < 1.29 is 64.8 Å². The number of amides is 1. The van der Waals surface area contributed by atoms with E-state index < -0.39 is 6.29 Å². The summed E-state index contributed by atoms with van der Waals surface area (Å²) >= 11 is 0. The first-order valence-electron chi connectivity index (χ1n) is 6.57. The van der Waals surface area contributed by atoms with E-state index in [1.165, 1.54) is 18.2 Å². The molecule has 24 heavy (non-hydrogen) atoms. The van der Waals surface area contributed by atoms with Gasteiger partial charge in [-0.1, -0.05) is 5.56 Å². The number of benzene rings is 2. The van der Waals surface area contributed by atoms with Crippen LogP contribution >= 0.6 is 0 Å². The Kier molecular flexibility index (Phi) is 4.45. The standard InChI is InChI=1S/C15H8F2N3O3.Ce/c16-15(17)22-11-6-9-10(7-12(11)23-15)19-14(18-9)20-13(21)8-4-2-1-3-5-8;/h1-2,4-7H,(H2,18,19,20,21);/q-1;. The largest absolute Gasteiger partial charge is 0.586 e. The molecule has 2 N–H and O–H groups in total. The summed E-state index contributed by atoms with van der Waals surface area (Å²) in [6.45, 7) is 0. The second-order valence-corrected chi connectivity index (χ2v) is 4.82. The maximum atomic E-state index is 13.0. The molecule has 3 aromatic rings. The molecule has 0 radical (unpaired) electrons. The number of aromatic amines is 1. The summed E-state index contributed by atoms with van der Waals surface area (Å²) in [5.41, 5.74) is 1.21. The monoisotopic (exact) mass is 456 g/mol. The van der Waals surface area contributed by atoms with Gasteiger partial charge in [-0.2, -0.15) is 30.3 Å². The fraction of sp³-hybridized carbons (Fsp3) is 0.0667. The molecule has 0 saturated carbocycles. The Balaban J connectivity index is 0.00000169. The van der Waals surface area contributed by atoms with Crippen molar-refractivity contribution in [3.8, 4) is 11.5 Å². The summed E-state index contributed by atoms with van der Waals surface area (Å²) in [6.07, 6.45) is -3.68. The van der Waals surface area contributed by atoms with Gasteiger partial charge in [0.1, 0.15) is 0 Å². The Morgan fingerprint density at radius 3 is 2.75 bits per heavy atom. The quantitative estimate of drug-likeness (QED) is 0.582. The molecule has 4 rings (SSSR count). The molecule has 0 fully saturated rings. The Bertz CT molecular complexity index is 870. The normalized spacial score (nSPS) is 14.2. The number of halogens is 2. The summed E-state index contributed by atoms with van der Waals surface area (Å²) in [4.78, 5) is 19.0. The van der Waals surface area contributed by atoms with Crippen LogP contribution in [0.5, 0.6) is 11.5 Å². The van der Waals surface area contributed by atoms with E-state index >= 15 is 0 Å². The fourth-order valence-corrected chi connectivity index (χ4v) is 2.23. The molecule has 9 heteroatoms. The molecule has 120 valence electrons. The third-order valence-corrected chi connectivity index (χ3v) is 3.21. The summed E-state index contributed by atoms with van der Waals surface area (Å²) < 4.78 is 34.7. The van der Waals surface area contributed by atoms with Crippen LogP contribution in [-0.4, -0.2) is 22.2 Å². The molecule has 0 bridgehead atoms. The van der Waals surface area contributed by atoms with Crippen LogP contribution in [0.4, 0.5) is 14.7 Å². The van der Waals surface area contributed by atoms with Gasteiger partial charge in [-0.25, -0.2) is 4.98 Å². The van der Waals surface area contributed by atoms with Crippen molar-refractivity contribution >= 4 is 22.9 Å². The number of rotatable bonds is 2. The number of H-pyrrole nitrogens is 1. The first kappa shape index (κ1) is 17.1. The van der Waals surface area contributed by atoms with Crippen LogP contribution in [0.1, 0.15) is 10.4 Å². The molecule has 0 aliphatic carbocycles. The van der Waals surface area contributed by atoms with Gasteiger partial charge in [0.05, 0.1) is 11.0 Å². The van der Waals surface area contributed by atoms with E-state index in [0.717, 1.165) is 0 Å². The third-order valence-electron chi connectivity index (χ3n) is 3.21. The minimum atomic E-state index is -3.68. The van der Waals surface area contributed by atoms with Gasteiger partial charge in [0.2, 0.25) is 11.9 Å². The Morgan fingerprint density at radius 1 is 1.29 bits per heavy atom. The van der Waals surface area contributed by atoms with Gasteiger partial charge < -0.3 is 19.8 Å². The number of nitrogens with one attached hydrogen (secondary N) is 2. The van der Waals surface area contributed by atoms with Gasteiger partial charge >= 0.3 is 6.29 Å². The molecular formula is C15H8CeF2N3O3-. The second-order valence-electron chi connectivity index (χ2n) is 4.82. The van der Waals surface area contributed by atoms with Crippen molar-refractivity contribution in [2.75, 3.05) is 5.32 Å². The summed E-state index contributed by atoms with van der Waals surface area (Å²) in [6, 6.07) is 12.0. The molecule has 1 aliphatic heterocycles. The molecule has 6 nitrogen and oxygen atoms in total. The van der Waals surface area contributed by atoms with E-state index in [1.54, 1.807) is 18.2 Å². The molecule has 1 aromatic heterocycles. The molecule has 1 amide bonds. The average Bonchev–Trinajstić information content (AvgIpc) is 3.02. The predicted molar refractivity (Wildman–Crippen MR) is 75.5 cm³/mol. The molecule has 0 atom stereocenters. The fourth-order valence-electron chi connectivity index (χ4n) is 2.23. The van der Waals surface area contributed by atoms with Crippen LogP contribution in [0, 0.1) is 47.8 Å². The zero-order valence-electron chi connectivity index (χ0n) is 11.9. The maximum Gasteiger partial charge on any atom is 0.586 e. The number of anilines is 1. The first-order valence-corrected chi connectivity index (χ1v) is 6.57. The number of aromatic nitrogens is 2. The maximum absolute atomic E-state index is 13.0. The number of imidazole rings is 1. The molecule has 1 aliphatic rings. The Morgan fingerprint density at radius 2 is 2.04 bits per heavy atom. The van der Waals surface area contributed by atoms with E-state index in [-0.39, 0.29) is 65.1 Å². The number of carbonyl (C=O) groups excluding carboxylic acids is 1. The van der Waals surface area contributed by atoms with Crippen molar-refractivity contribution in [1.82, 2.24) is 9.97 Å². The zero-order chi connectivity index (χ0) is 16.0. The van der Waals surface area contributed by atoms with Gasteiger partial charge in [0.25, 0.3) is 0 Å². The van der Waals surface area contributed by atoms with Gasteiger partial charge in [-0.3, -0.25) is 4.79 Å². The number of fused-ring (bicyclic) bond motifs is 2. The van der Waals surface area contributed by atoms with Crippen LogP contribution in [0.3, 0.4) is 0 Å². The van der Waals surface area contributed by atoms with Gasteiger partial charge in [0.15, 0.2) is 11.5 Å². The average molecular weight is 456 g/mol. The topological polar surface area (TPSA) is 76.2 Å².